The van der Waals surface area contributed by atoms with E-state index in [4.69, 9.17) is 9.72 Å². The predicted octanol–water partition coefficient (Wildman–Crippen LogP) is 2.57. The molecule has 0 radical (unpaired) electrons. The number of hydrogen-bond donors (Lipinski definition) is 0. The number of carbonyl (C=O) groups excluding carboxylic acids is 1. The standard InChI is InChI=1S/C21H26N4O2/c26-20(9-5-4-8-17-6-2-1-3-7-17)25-15-18-14-22-21(23-19(18)16-25)24-10-12-27-13-11-24/h1-3,6-7,14H,4-5,8-13,15-16H2. The number of nitrogens with zero attached hydrogens (tertiary/aromatic N) is 4. The number of hydrogen-bond acceptors (Lipinski definition) is 5. The van der Waals surface area contributed by atoms with E-state index in [2.05, 4.69) is 34.1 Å². The van der Waals surface area contributed by atoms with Crippen molar-refractivity contribution in [3.05, 3.63) is 53.3 Å². The maximum absolute atomic E-state index is 12.6. The summed E-state index contributed by atoms with van der Waals surface area (Å²) in [5.41, 5.74) is 3.40. The molecule has 3 heterocycles. The molecule has 2 aliphatic heterocycles. The number of amides is 1. The smallest absolute Gasteiger partial charge is 0.225 e. The Morgan fingerprint density at radius 1 is 1.07 bits per heavy atom. The molecule has 0 spiro atoms. The van der Waals surface area contributed by atoms with Gasteiger partial charge in [-0.15, -0.1) is 0 Å². The Kier molecular flexibility index (Phi) is 5.63. The minimum Gasteiger partial charge on any atom is -0.378 e. The van der Waals surface area contributed by atoms with E-state index in [-0.39, 0.29) is 5.91 Å². The molecule has 1 aromatic heterocycles. The van der Waals surface area contributed by atoms with Crippen LogP contribution in [0.1, 0.15) is 36.1 Å². The molecule has 0 saturated carbocycles. The third kappa shape index (κ3) is 4.45. The fourth-order valence-corrected chi connectivity index (χ4v) is 3.64. The zero-order valence-electron chi connectivity index (χ0n) is 15.6. The van der Waals surface area contributed by atoms with Crippen LogP contribution in [-0.4, -0.2) is 47.1 Å². The molecule has 0 bridgehead atoms. The Morgan fingerprint density at radius 2 is 1.89 bits per heavy atom. The topological polar surface area (TPSA) is 58.6 Å². The SMILES string of the molecule is O=C(CCCCc1ccccc1)N1Cc2cnc(N3CCOCC3)nc2C1. The third-order valence-corrected chi connectivity index (χ3v) is 5.24. The number of morpholine rings is 1. The second kappa shape index (κ2) is 8.48. The molecular formula is C21H26N4O2. The normalized spacial score (nSPS) is 16.4. The van der Waals surface area contributed by atoms with Crippen LogP contribution in [0.3, 0.4) is 0 Å². The molecule has 0 unspecified atom stereocenters. The molecule has 2 aromatic rings. The van der Waals surface area contributed by atoms with Gasteiger partial charge in [-0.1, -0.05) is 30.3 Å². The molecule has 6 heteroatoms. The monoisotopic (exact) mass is 366 g/mol. The zero-order chi connectivity index (χ0) is 18.5. The number of aromatic nitrogens is 2. The van der Waals surface area contributed by atoms with E-state index in [1.54, 1.807) is 0 Å². The van der Waals surface area contributed by atoms with Crippen LogP contribution in [0, 0.1) is 0 Å². The first kappa shape index (κ1) is 17.9. The minimum absolute atomic E-state index is 0.217. The van der Waals surface area contributed by atoms with Crippen molar-refractivity contribution in [3.8, 4) is 0 Å². The summed E-state index contributed by atoms with van der Waals surface area (Å²) in [4.78, 5) is 25.8. The molecule has 6 nitrogen and oxygen atoms in total. The van der Waals surface area contributed by atoms with Crippen LogP contribution in [0.2, 0.25) is 0 Å². The summed E-state index contributed by atoms with van der Waals surface area (Å²) in [5, 5.41) is 0. The quantitative estimate of drug-likeness (QED) is 0.736. The van der Waals surface area contributed by atoms with Crippen LogP contribution < -0.4 is 4.90 Å². The third-order valence-electron chi connectivity index (χ3n) is 5.24. The molecule has 4 rings (SSSR count). The average Bonchev–Trinajstić information content (AvgIpc) is 3.16. The van der Waals surface area contributed by atoms with E-state index in [9.17, 15) is 4.79 Å². The Hall–Kier alpha value is -2.47. The van der Waals surface area contributed by atoms with Gasteiger partial charge in [-0.25, -0.2) is 9.97 Å². The van der Waals surface area contributed by atoms with E-state index in [1.807, 2.05) is 17.2 Å². The average molecular weight is 366 g/mol. The number of fused-ring (bicyclic) bond motifs is 1. The molecule has 2 aliphatic rings. The number of benzene rings is 1. The lowest BCUT2D eigenvalue weighted by Gasteiger charge is -2.26. The van der Waals surface area contributed by atoms with Crippen LogP contribution in [0.25, 0.3) is 0 Å². The summed E-state index contributed by atoms with van der Waals surface area (Å²) < 4.78 is 5.39. The Morgan fingerprint density at radius 3 is 2.70 bits per heavy atom. The number of anilines is 1. The highest BCUT2D eigenvalue weighted by Gasteiger charge is 2.26. The van der Waals surface area contributed by atoms with Gasteiger partial charge in [-0.05, 0) is 24.8 Å². The predicted molar refractivity (Wildman–Crippen MR) is 103 cm³/mol. The Labute approximate surface area is 160 Å². The van der Waals surface area contributed by atoms with Gasteiger partial charge in [0.1, 0.15) is 0 Å². The summed E-state index contributed by atoms with van der Waals surface area (Å²) in [6.07, 6.45) is 5.48. The zero-order valence-corrected chi connectivity index (χ0v) is 15.6. The van der Waals surface area contributed by atoms with Crippen molar-refractivity contribution in [2.24, 2.45) is 0 Å². The molecular weight excluding hydrogens is 340 g/mol. The number of aryl methyl sites for hydroxylation is 1. The fraction of sp³-hybridized carbons (Fsp3) is 0.476. The van der Waals surface area contributed by atoms with Gasteiger partial charge in [0.05, 0.1) is 25.5 Å². The molecule has 0 atom stereocenters. The number of carbonyl (C=O) groups is 1. The van der Waals surface area contributed by atoms with Crippen molar-refractivity contribution in [2.75, 3.05) is 31.2 Å². The molecule has 1 saturated heterocycles. The fourth-order valence-electron chi connectivity index (χ4n) is 3.64. The molecule has 0 aliphatic carbocycles. The lowest BCUT2D eigenvalue weighted by molar-refractivity contribution is -0.131. The van der Waals surface area contributed by atoms with Gasteiger partial charge in [0, 0.05) is 37.8 Å². The van der Waals surface area contributed by atoms with Crippen LogP contribution in [0.15, 0.2) is 36.5 Å². The van der Waals surface area contributed by atoms with Crippen LogP contribution >= 0.6 is 0 Å². The highest BCUT2D eigenvalue weighted by Crippen LogP contribution is 2.24. The maximum atomic E-state index is 12.6. The second-order valence-corrected chi connectivity index (χ2v) is 7.18. The van der Waals surface area contributed by atoms with Crippen molar-refractivity contribution in [1.29, 1.82) is 0 Å². The molecule has 142 valence electrons. The number of ether oxygens (including phenoxy) is 1. The van der Waals surface area contributed by atoms with Gasteiger partial charge in [-0.3, -0.25) is 4.79 Å². The lowest BCUT2D eigenvalue weighted by atomic mass is 10.1. The summed E-state index contributed by atoms with van der Waals surface area (Å²) in [6, 6.07) is 10.4. The Balaban J connectivity index is 1.26. The van der Waals surface area contributed by atoms with Gasteiger partial charge in [0.25, 0.3) is 0 Å². The second-order valence-electron chi connectivity index (χ2n) is 7.18. The van der Waals surface area contributed by atoms with Crippen molar-refractivity contribution in [3.63, 3.8) is 0 Å². The van der Waals surface area contributed by atoms with Crippen LogP contribution in [0.5, 0.6) is 0 Å². The Bertz CT molecular complexity index is 775. The van der Waals surface area contributed by atoms with Crippen LogP contribution in [-0.2, 0) is 29.0 Å². The van der Waals surface area contributed by atoms with Gasteiger partial charge in [0.2, 0.25) is 11.9 Å². The van der Waals surface area contributed by atoms with E-state index in [0.717, 1.165) is 49.6 Å². The van der Waals surface area contributed by atoms with Gasteiger partial charge in [0.15, 0.2) is 0 Å². The highest BCUT2D eigenvalue weighted by molar-refractivity contribution is 5.76. The lowest BCUT2D eigenvalue weighted by Crippen LogP contribution is -2.37. The maximum Gasteiger partial charge on any atom is 0.225 e. The summed E-state index contributed by atoms with van der Waals surface area (Å²) >= 11 is 0. The van der Waals surface area contributed by atoms with Crippen molar-refractivity contribution in [1.82, 2.24) is 14.9 Å². The van der Waals surface area contributed by atoms with Gasteiger partial charge in [-0.2, -0.15) is 0 Å². The molecule has 1 amide bonds. The van der Waals surface area contributed by atoms with E-state index < -0.39 is 0 Å². The molecule has 27 heavy (non-hydrogen) atoms. The summed E-state index contributed by atoms with van der Waals surface area (Å²) in [7, 11) is 0. The van der Waals surface area contributed by atoms with E-state index in [0.29, 0.717) is 32.7 Å². The van der Waals surface area contributed by atoms with E-state index in [1.165, 1.54) is 5.56 Å². The minimum atomic E-state index is 0.217. The van der Waals surface area contributed by atoms with E-state index >= 15 is 0 Å². The van der Waals surface area contributed by atoms with Gasteiger partial charge >= 0.3 is 0 Å². The highest BCUT2D eigenvalue weighted by atomic mass is 16.5. The first-order valence-electron chi connectivity index (χ1n) is 9.79. The van der Waals surface area contributed by atoms with Crippen molar-refractivity contribution in [2.45, 2.75) is 38.8 Å². The molecule has 1 fully saturated rings. The largest absolute Gasteiger partial charge is 0.378 e. The van der Waals surface area contributed by atoms with Crippen molar-refractivity contribution >= 4 is 11.9 Å². The summed E-state index contributed by atoms with van der Waals surface area (Å²) in [6.45, 7) is 4.32. The first-order chi connectivity index (χ1) is 13.3. The number of rotatable bonds is 6. The van der Waals surface area contributed by atoms with Gasteiger partial charge < -0.3 is 14.5 Å². The number of unbranched alkanes of at least 4 members (excludes halogenated alkanes) is 1. The first-order valence-corrected chi connectivity index (χ1v) is 9.79. The van der Waals surface area contributed by atoms with Crippen LogP contribution in [0.4, 0.5) is 5.95 Å². The molecule has 1 aromatic carbocycles. The summed E-state index contributed by atoms with van der Waals surface area (Å²) in [5.74, 6) is 0.975. The molecule has 0 N–H and O–H groups in total. The van der Waals surface area contributed by atoms with Crippen molar-refractivity contribution < 1.29 is 9.53 Å².